The molecule has 0 atom stereocenters. The molecule has 0 aliphatic heterocycles. The van der Waals surface area contributed by atoms with Crippen LogP contribution in [0.1, 0.15) is 22.3 Å². The average molecular weight is 414 g/mol. The molecule has 1 heterocycles. The monoisotopic (exact) mass is 413 g/mol. The van der Waals surface area contributed by atoms with Crippen LogP contribution in [0, 0.1) is 0 Å². The number of halogens is 1. The fourth-order valence-electron chi connectivity index (χ4n) is 2.50. The zero-order valence-corrected chi connectivity index (χ0v) is 15.9. The minimum atomic E-state index is -0.0743. The van der Waals surface area contributed by atoms with E-state index < -0.39 is 0 Å². The summed E-state index contributed by atoms with van der Waals surface area (Å²) in [7, 11) is 0. The molecule has 0 spiro atoms. The fraction of sp³-hybridized carbons (Fsp3) is 0.200. The number of aromatic nitrogens is 2. The lowest BCUT2D eigenvalue weighted by atomic mass is 10.1. The Morgan fingerprint density at radius 3 is 2.85 bits per heavy atom. The first-order chi connectivity index (χ1) is 12.7. The molecule has 5 nitrogen and oxygen atoms in total. The van der Waals surface area contributed by atoms with Gasteiger partial charge >= 0.3 is 0 Å². The number of nitrogens with zero attached hydrogens (tertiary/aromatic N) is 2. The van der Waals surface area contributed by atoms with Gasteiger partial charge in [-0.3, -0.25) is 9.48 Å². The highest BCUT2D eigenvalue weighted by atomic mass is 79.9. The summed E-state index contributed by atoms with van der Waals surface area (Å²) in [5.41, 5.74) is 1.59. The predicted molar refractivity (Wildman–Crippen MR) is 104 cm³/mol. The van der Waals surface area contributed by atoms with Gasteiger partial charge in [0.1, 0.15) is 12.4 Å². The van der Waals surface area contributed by atoms with Gasteiger partial charge in [0.25, 0.3) is 5.91 Å². The number of nitrogens with one attached hydrogen (secondary N) is 1. The highest BCUT2D eigenvalue weighted by molar-refractivity contribution is 9.10. The summed E-state index contributed by atoms with van der Waals surface area (Å²) >= 11 is 3.42. The summed E-state index contributed by atoms with van der Waals surface area (Å²) in [5.74, 6) is 0.711. The molecule has 2 aromatic carbocycles. The van der Waals surface area contributed by atoms with E-state index in [0.29, 0.717) is 18.7 Å². The molecular weight excluding hydrogens is 394 g/mol. The Morgan fingerprint density at radius 2 is 2.04 bits per heavy atom. The summed E-state index contributed by atoms with van der Waals surface area (Å²) in [4.78, 5) is 12.3. The maximum atomic E-state index is 12.3. The summed E-state index contributed by atoms with van der Waals surface area (Å²) in [6.45, 7) is 1.81. The van der Waals surface area contributed by atoms with Crippen LogP contribution in [-0.2, 0) is 13.2 Å². The minimum absolute atomic E-state index is 0.0743. The summed E-state index contributed by atoms with van der Waals surface area (Å²) < 4.78 is 8.60. The second-order valence-electron chi connectivity index (χ2n) is 5.83. The van der Waals surface area contributed by atoms with Gasteiger partial charge < -0.3 is 10.1 Å². The van der Waals surface area contributed by atoms with Crippen molar-refractivity contribution in [3.05, 3.63) is 82.6 Å². The molecule has 0 radical (unpaired) electrons. The molecule has 26 heavy (non-hydrogen) atoms. The molecule has 0 aliphatic carbocycles. The van der Waals surface area contributed by atoms with E-state index in [-0.39, 0.29) is 5.91 Å². The van der Waals surface area contributed by atoms with Crippen molar-refractivity contribution in [1.29, 1.82) is 0 Å². The first-order valence-electron chi connectivity index (χ1n) is 8.44. The van der Waals surface area contributed by atoms with E-state index in [1.165, 1.54) is 0 Å². The van der Waals surface area contributed by atoms with Crippen LogP contribution in [0.4, 0.5) is 0 Å². The Kier molecular flexibility index (Phi) is 6.44. The van der Waals surface area contributed by atoms with E-state index in [1.807, 2.05) is 65.5 Å². The zero-order valence-electron chi connectivity index (χ0n) is 14.3. The fourth-order valence-corrected chi connectivity index (χ4v) is 2.88. The molecule has 0 aliphatic rings. The summed E-state index contributed by atoms with van der Waals surface area (Å²) in [5, 5.41) is 7.08. The van der Waals surface area contributed by atoms with Crippen LogP contribution in [0.25, 0.3) is 0 Å². The Morgan fingerprint density at radius 1 is 1.15 bits per heavy atom. The van der Waals surface area contributed by atoms with E-state index in [2.05, 4.69) is 26.3 Å². The van der Waals surface area contributed by atoms with E-state index >= 15 is 0 Å². The second-order valence-corrected chi connectivity index (χ2v) is 6.74. The largest absolute Gasteiger partial charge is 0.489 e. The van der Waals surface area contributed by atoms with E-state index in [1.54, 1.807) is 6.20 Å². The van der Waals surface area contributed by atoms with Crippen LogP contribution in [0.2, 0.25) is 0 Å². The lowest BCUT2D eigenvalue weighted by Gasteiger charge is -2.09. The van der Waals surface area contributed by atoms with Gasteiger partial charge in [-0.15, -0.1) is 0 Å². The lowest BCUT2D eigenvalue weighted by Crippen LogP contribution is -2.25. The number of carbonyl (C=O) groups is 1. The number of ether oxygens (including phenoxy) is 1. The number of aryl methyl sites for hydroxylation is 1. The third-order valence-electron chi connectivity index (χ3n) is 3.80. The predicted octanol–water partition coefficient (Wildman–Crippen LogP) is 4.04. The van der Waals surface area contributed by atoms with Crippen LogP contribution in [0.15, 0.2) is 71.5 Å². The van der Waals surface area contributed by atoms with Crippen LogP contribution in [-0.4, -0.2) is 22.2 Å². The van der Waals surface area contributed by atoms with Gasteiger partial charge in [0, 0.05) is 35.5 Å². The number of hydrogen-bond acceptors (Lipinski definition) is 3. The molecule has 1 N–H and O–H groups in total. The van der Waals surface area contributed by atoms with E-state index in [0.717, 1.165) is 28.8 Å². The van der Waals surface area contributed by atoms with Gasteiger partial charge in [0.2, 0.25) is 0 Å². The molecule has 0 unspecified atom stereocenters. The van der Waals surface area contributed by atoms with Crippen molar-refractivity contribution in [2.75, 3.05) is 6.54 Å². The number of benzene rings is 2. The normalized spacial score (nSPS) is 10.5. The quantitative estimate of drug-likeness (QED) is 0.566. The van der Waals surface area contributed by atoms with E-state index in [4.69, 9.17) is 4.74 Å². The summed E-state index contributed by atoms with van der Waals surface area (Å²) in [6.07, 6.45) is 4.50. The van der Waals surface area contributed by atoms with Crippen LogP contribution in [0.3, 0.4) is 0 Å². The summed E-state index contributed by atoms with van der Waals surface area (Å²) in [6, 6.07) is 17.1. The van der Waals surface area contributed by atoms with Crippen LogP contribution < -0.4 is 10.1 Å². The van der Waals surface area contributed by atoms with Crippen molar-refractivity contribution < 1.29 is 9.53 Å². The average Bonchev–Trinajstić information content (AvgIpc) is 3.17. The highest BCUT2D eigenvalue weighted by Crippen LogP contribution is 2.19. The first-order valence-corrected chi connectivity index (χ1v) is 9.23. The third kappa shape index (κ3) is 5.46. The molecular formula is C20H20BrN3O2. The van der Waals surface area contributed by atoms with Crippen LogP contribution in [0.5, 0.6) is 5.75 Å². The Balaban J connectivity index is 1.48. The maximum Gasteiger partial charge on any atom is 0.251 e. The third-order valence-corrected chi connectivity index (χ3v) is 4.29. The molecule has 134 valence electrons. The molecule has 1 aromatic heterocycles. The van der Waals surface area contributed by atoms with Crippen molar-refractivity contribution in [1.82, 2.24) is 15.1 Å². The molecule has 1 amide bonds. The van der Waals surface area contributed by atoms with Crippen LogP contribution >= 0.6 is 15.9 Å². The van der Waals surface area contributed by atoms with Gasteiger partial charge in [0.05, 0.1) is 0 Å². The Bertz CT molecular complexity index is 850. The minimum Gasteiger partial charge on any atom is -0.489 e. The Labute approximate surface area is 161 Å². The molecule has 0 fully saturated rings. The number of amides is 1. The van der Waals surface area contributed by atoms with E-state index in [9.17, 15) is 4.79 Å². The topological polar surface area (TPSA) is 56.2 Å². The van der Waals surface area contributed by atoms with Gasteiger partial charge in [-0.05, 0) is 48.4 Å². The van der Waals surface area contributed by atoms with Gasteiger partial charge in [-0.1, -0.05) is 34.1 Å². The van der Waals surface area contributed by atoms with Crippen molar-refractivity contribution in [2.45, 2.75) is 19.6 Å². The number of rotatable bonds is 8. The standard InChI is InChI=1S/C20H20BrN3O2/c21-18-7-2-8-19(14-18)26-15-16-5-1-6-17(13-16)20(25)22-9-3-11-24-12-4-10-23-24/h1-2,4-8,10,12-14H,3,9,11,15H2,(H,22,25). The van der Waals surface area contributed by atoms with Gasteiger partial charge in [-0.25, -0.2) is 0 Å². The van der Waals surface area contributed by atoms with Gasteiger partial charge in [-0.2, -0.15) is 5.10 Å². The molecule has 0 saturated heterocycles. The van der Waals surface area contributed by atoms with Crippen molar-refractivity contribution in [3.8, 4) is 5.75 Å². The maximum absolute atomic E-state index is 12.3. The van der Waals surface area contributed by atoms with Crippen molar-refractivity contribution >= 4 is 21.8 Å². The molecule has 0 bridgehead atoms. The first kappa shape index (κ1) is 18.2. The number of hydrogen-bond donors (Lipinski definition) is 1. The zero-order chi connectivity index (χ0) is 18.2. The van der Waals surface area contributed by atoms with Crippen molar-refractivity contribution in [2.24, 2.45) is 0 Å². The molecule has 3 aromatic rings. The number of carbonyl (C=O) groups excluding carboxylic acids is 1. The molecule has 0 saturated carbocycles. The van der Waals surface area contributed by atoms with Gasteiger partial charge in [0.15, 0.2) is 0 Å². The lowest BCUT2D eigenvalue weighted by molar-refractivity contribution is 0.0952. The Hall–Kier alpha value is -2.60. The van der Waals surface area contributed by atoms with Crippen molar-refractivity contribution in [3.63, 3.8) is 0 Å². The second kappa shape index (κ2) is 9.20. The SMILES string of the molecule is O=C(NCCCn1cccn1)c1cccc(COc2cccc(Br)c2)c1. The molecule has 3 rings (SSSR count). The molecule has 6 heteroatoms. The smallest absolute Gasteiger partial charge is 0.251 e. The highest BCUT2D eigenvalue weighted by Gasteiger charge is 2.06.